The molecule has 0 saturated heterocycles. The van der Waals surface area contributed by atoms with Crippen molar-refractivity contribution in [2.24, 2.45) is 11.7 Å². The molecule has 0 amide bonds. The third kappa shape index (κ3) is 32.4. The third-order valence-electron chi connectivity index (χ3n) is 1.63. The summed E-state index contributed by atoms with van der Waals surface area (Å²) in [6.45, 7) is 12.4. The summed E-state index contributed by atoms with van der Waals surface area (Å²) < 4.78 is 0. The fourth-order valence-corrected chi connectivity index (χ4v) is 0.241. The van der Waals surface area contributed by atoms with Gasteiger partial charge in [-0.05, 0) is 41.5 Å². The van der Waals surface area contributed by atoms with Crippen molar-refractivity contribution < 1.29 is 35.8 Å². The standard InChI is InChI=1S/2C4H12N2.C4H6O5/c2*1-4(2,3)6-5;5-2(4(8)9)1-3(6)7/h2*6H,5H2,1-3H3;2,5H,1H2,(H,6,7)(H,8,9). The van der Waals surface area contributed by atoms with E-state index >= 15 is 0 Å². The molecule has 0 aromatic rings. The Bertz CT molecular complexity index is 283. The zero-order chi connectivity index (χ0) is 17.9. The first kappa shape index (κ1) is 24.7. The van der Waals surface area contributed by atoms with E-state index < -0.39 is 24.5 Å². The highest BCUT2D eigenvalue weighted by Crippen LogP contribution is 1.86. The predicted molar refractivity (Wildman–Crippen MR) is 72.4 cm³/mol. The molecule has 0 radical (unpaired) electrons. The molecule has 21 heavy (non-hydrogen) atoms. The smallest absolute Gasteiger partial charge is 0.105 e. The summed E-state index contributed by atoms with van der Waals surface area (Å²) in [5.41, 5.74) is 3.76. The van der Waals surface area contributed by atoms with Gasteiger partial charge in [0.2, 0.25) is 0 Å². The van der Waals surface area contributed by atoms with Crippen LogP contribution >= 0.6 is 0 Å². The highest BCUT2D eigenvalue weighted by atomic mass is 16.4. The minimum atomic E-state index is -1.96. The molecule has 0 bridgehead atoms. The zero-order valence-corrected chi connectivity index (χ0v) is 13.7. The van der Waals surface area contributed by atoms with E-state index in [0.29, 0.717) is 0 Å². The van der Waals surface area contributed by atoms with Gasteiger partial charge in [0.25, 0.3) is 0 Å². The lowest BCUT2D eigenvalue weighted by atomic mass is 10.1. The van der Waals surface area contributed by atoms with E-state index in [-0.39, 0.29) is 11.1 Å². The largest absolute Gasteiger partial charge is 0.550 e. The fourth-order valence-electron chi connectivity index (χ4n) is 0.241. The Hall–Kier alpha value is -1.26. The van der Waals surface area contributed by atoms with Crippen molar-refractivity contribution in [3.8, 4) is 0 Å². The molecule has 1 atom stereocenters. The van der Waals surface area contributed by atoms with Crippen LogP contribution in [-0.2, 0) is 9.59 Å². The first-order valence-corrected chi connectivity index (χ1v) is 6.37. The Morgan fingerprint density at radius 1 is 1.00 bits per heavy atom. The molecule has 9 heteroatoms. The van der Waals surface area contributed by atoms with Gasteiger partial charge in [0.1, 0.15) is 11.1 Å². The summed E-state index contributed by atoms with van der Waals surface area (Å²) in [6.07, 6.45) is -2.89. The van der Waals surface area contributed by atoms with Gasteiger partial charge < -0.3 is 24.9 Å². The van der Waals surface area contributed by atoms with Crippen LogP contribution in [0.25, 0.3) is 0 Å². The van der Waals surface area contributed by atoms with E-state index in [1.807, 2.05) is 0 Å². The lowest BCUT2D eigenvalue weighted by Gasteiger charge is -2.10. The quantitative estimate of drug-likeness (QED) is 0.254. The molecule has 0 aliphatic carbocycles. The number of quaternary nitrogens is 2. The second-order valence-corrected chi connectivity index (χ2v) is 6.48. The Morgan fingerprint density at radius 3 is 1.29 bits per heavy atom. The van der Waals surface area contributed by atoms with E-state index in [1.165, 1.54) is 0 Å². The number of rotatable bonds is 3. The van der Waals surface area contributed by atoms with E-state index in [2.05, 4.69) is 41.5 Å². The Labute approximate surface area is 125 Å². The van der Waals surface area contributed by atoms with Gasteiger partial charge in [-0.2, -0.15) is 11.7 Å². The van der Waals surface area contributed by atoms with E-state index in [0.717, 1.165) is 0 Å². The average molecular weight is 310 g/mol. The number of aliphatic carboxylic acids is 2. The van der Waals surface area contributed by atoms with Crippen LogP contribution in [-0.4, -0.2) is 34.2 Å². The minimum Gasteiger partial charge on any atom is -0.550 e. The van der Waals surface area contributed by atoms with Crippen molar-refractivity contribution in [1.29, 1.82) is 0 Å². The maximum atomic E-state index is 9.58. The summed E-state index contributed by atoms with van der Waals surface area (Å²) in [6, 6.07) is 0. The van der Waals surface area contributed by atoms with Crippen LogP contribution in [0, 0.1) is 0 Å². The number of carbonyl (C=O) groups is 2. The summed E-state index contributed by atoms with van der Waals surface area (Å²) >= 11 is 0. The number of hydrogen-bond acceptors (Lipinski definition) is 7. The Kier molecular flexibility index (Phi) is 13.4. The summed E-state index contributed by atoms with van der Waals surface area (Å²) in [7, 11) is 0. The van der Waals surface area contributed by atoms with Crippen LogP contribution in [0.3, 0.4) is 0 Å². The second-order valence-electron chi connectivity index (χ2n) is 6.48. The van der Waals surface area contributed by atoms with Gasteiger partial charge in [-0.25, -0.2) is 0 Å². The number of carboxylic acid groups (broad SMARTS) is 2. The molecule has 1 unspecified atom stereocenters. The SMILES string of the molecule is CC(C)(C)[NH2+]N.CC(C)(C)[NH2+]N.O=C([O-])CC(O)C(=O)[O-]. The average Bonchev–Trinajstić information content (AvgIpc) is 2.27. The molecule has 0 aliphatic rings. The van der Waals surface area contributed by atoms with Crippen LogP contribution in [0.2, 0.25) is 0 Å². The van der Waals surface area contributed by atoms with Crippen molar-refractivity contribution in [3.05, 3.63) is 0 Å². The van der Waals surface area contributed by atoms with Gasteiger partial charge in [0.05, 0.1) is 12.1 Å². The summed E-state index contributed by atoms with van der Waals surface area (Å²) in [5, 5.41) is 27.3. The lowest BCUT2D eigenvalue weighted by Crippen LogP contribution is -3.00. The molecular formula is C12H30N4O5. The molecule has 9 nitrogen and oxygen atoms in total. The zero-order valence-electron chi connectivity index (χ0n) is 13.7. The molecule has 0 spiro atoms. The molecule has 0 aromatic carbocycles. The minimum absolute atomic E-state index is 0.194. The first-order valence-electron chi connectivity index (χ1n) is 6.37. The van der Waals surface area contributed by atoms with Crippen molar-refractivity contribution >= 4 is 11.9 Å². The van der Waals surface area contributed by atoms with Gasteiger partial charge in [-0.3, -0.25) is 10.9 Å². The molecule has 0 heterocycles. The third-order valence-corrected chi connectivity index (χ3v) is 1.63. The first-order chi connectivity index (χ1) is 9.16. The molecule has 0 rings (SSSR count). The van der Waals surface area contributed by atoms with Gasteiger partial charge >= 0.3 is 0 Å². The number of carbonyl (C=O) groups excluding carboxylic acids is 2. The molecule has 0 aliphatic heterocycles. The van der Waals surface area contributed by atoms with Crippen molar-refractivity contribution in [2.75, 3.05) is 0 Å². The number of nitrogens with two attached hydrogens (primary N) is 4. The normalized spacial score (nSPS) is 12.2. The molecule has 0 aromatic heterocycles. The maximum Gasteiger partial charge on any atom is 0.105 e. The lowest BCUT2D eigenvalue weighted by molar-refractivity contribution is -0.729. The van der Waals surface area contributed by atoms with Gasteiger partial charge in [0, 0.05) is 12.4 Å². The highest BCUT2D eigenvalue weighted by Gasteiger charge is 2.08. The highest BCUT2D eigenvalue weighted by molar-refractivity contribution is 5.76. The van der Waals surface area contributed by atoms with E-state index in [1.54, 1.807) is 10.9 Å². The van der Waals surface area contributed by atoms with Crippen LogP contribution < -0.4 is 32.7 Å². The second kappa shape index (κ2) is 11.4. The van der Waals surface area contributed by atoms with Crippen LogP contribution in [0.4, 0.5) is 0 Å². The summed E-state index contributed by atoms with van der Waals surface area (Å²) in [4.78, 5) is 19.1. The number of aliphatic hydroxyl groups is 1. The Balaban J connectivity index is -0.000000240. The maximum absolute atomic E-state index is 9.58. The number of carboxylic acids is 2. The molecule has 0 fully saturated rings. The van der Waals surface area contributed by atoms with Gasteiger partial charge in [-0.1, -0.05) is 0 Å². The topological polar surface area (TPSA) is 186 Å². The fraction of sp³-hybridized carbons (Fsp3) is 0.833. The van der Waals surface area contributed by atoms with Crippen molar-refractivity contribution in [3.63, 3.8) is 0 Å². The monoisotopic (exact) mass is 310 g/mol. The summed E-state index contributed by atoms with van der Waals surface area (Å²) in [5.74, 6) is 6.94. The predicted octanol–water partition coefficient (Wildman–Crippen LogP) is -5.32. The number of aliphatic hydroxyl groups excluding tert-OH is 1. The van der Waals surface area contributed by atoms with Crippen LogP contribution in [0.5, 0.6) is 0 Å². The molecule has 128 valence electrons. The van der Waals surface area contributed by atoms with E-state index in [4.69, 9.17) is 16.8 Å². The molecular weight excluding hydrogens is 280 g/mol. The van der Waals surface area contributed by atoms with Gasteiger partial charge in [0.15, 0.2) is 0 Å². The van der Waals surface area contributed by atoms with Crippen molar-refractivity contribution in [2.45, 2.75) is 65.1 Å². The van der Waals surface area contributed by atoms with E-state index in [9.17, 15) is 19.8 Å². The van der Waals surface area contributed by atoms with Crippen LogP contribution in [0.15, 0.2) is 0 Å². The van der Waals surface area contributed by atoms with Crippen molar-refractivity contribution in [1.82, 2.24) is 0 Å². The molecule has 9 N–H and O–H groups in total. The Morgan fingerprint density at radius 2 is 1.24 bits per heavy atom. The number of hydrogen-bond donors (Lipinski definition) is 5. The van der Waals surface area contributed by atoms with Gasteiger partial charge in [-0.15, -0.1) is 0 Å². The van der Waals surface area contributed by atoms with Crippen LogP contribution in [0.1, 0.15) is 48.0 Å². The molecule has 0 saturated carbocycles.